The van der Waals surface area contributed by atoms with Crippen LogP contribution in [-0.4, -0.2) is 9.97 Å². The van der Waals surface area contributed by atoms with E-state index in [-0.39, 0.29) is 0 Å². The quantitative estimate of drug-likeness (QED) is 0.191. The molecule has 0 atom stereocenters. The molecule has 9 rings (SSSR count). The number of hydrogen-bond donors (Lipinski definition) is 0. The van der Waals surface area contributed by atoms with Crippen LogP contribution in [0.25, 0.3) is 55.8 Å². The molecule has 240 valence electrons. The summed E-state index contributed by atoms with van der Waals surface area (Å²) < 4.78 is 0. The lowest BCUT2D eigenvalue weighted by Crippen LogP contribution is -2.00. The number of rotatable bonds is 3. The van der Waals surface area contributed by atoms with E-state index in [4.69, 9.17) is 9.97 Å². The van der Waals surface area contributed by atoms with Gasteiger partial charge in [0.05, 0.1) is 22.8 Å². The standard InChI is InChI=1S/C48H33N3/c49-31-32-21-23-43-41(25-32)28-36-15-6-4-13-34(36)26-35-14-5-7-16-37(35)29-42-30-39(22-24-44(42)43)38-17-10-18-40(27-38)48-50-46-20-9-8-19-45(46)47(51-48)33-11-2-1-3-12-33/h1-25,27,30H,26,28-29H2. The van der Waals surface area contributed by atoms with E-state index in [1.807, 2.05) is 24.3 Å². The van der Waals surface area contributed by atoms with Gasteiger partial charge in [0, 0.05) is 16.5 Å². The van der Waals surface area contributed by atoms with E-state index in [1.54, 1.807) is 0 Å². The lowest BCUT2D eigenvalue weighted by molar-refractivity contribution is 1.06. The predicted molar refractivity (Wildman–Crippen MR) is 207 cm³/mol. The van der Waals surface area contributed by atoms with E-state index >= 15 is 0 Å². The average molecular weight is 652 g/mol. The van der Waals surface area contributed by atoms with Crippen LogP contribution in [0.2, 0.25) is 0 Å². The summed E-state index contributed by atoms with van der Waals surface area (Å²) in [6.45, 7) is 0. The topological polar surface area (TPSA) is 49.6 Å². The van der Waals surface area contributed by atoms with Crippen molar-refractivity contribution in [1.29, 1.82) is 5.26 Å². The first-order chi connectivity index (χ1) is 25.2. The molecule has 0 spiro atoms. The van der Waals surface area contributed by atoms with Gasteiger partial charge in [-0.25, -0.2) is 9.97 Å². The second-order valence-corrected chi connectivity index (χ2v) is 13.3. The number of nitrogens with zero attached hydrogens (tertiary/aromatic N) is 3. The smallest absolute Gasteiger partial charge is 0.160 e. The van der Waals surface area contributed by atoms with Crippen molar-refractivity contribution in [3.05, 3.63) is 203 Å². The third-order valence-corrected chi connectivity index (χ3v) is 10.1. The summed E-state index contributed by atoms with van der Waals surface area (Å²) in [6, 6.07) is 60.2. The van der Waals surface area contributed by atoms with Crippen molar-refractivity contribution in [1.82, 2.24) is 9.97 Å². The fraction of sp³-hybridized carbons (Fsp3) is 0.0625. The largest absolute Gasteiger partial charge is 0.228 e. The minimum Gasteiger partial charge on any atom is -0.228 e. The van der Waals surface area contributed by atoms with E-state index in [2.05, 4.69) is 146 Å². The summed E-state index contributed by atoms with van der Waals surface area (Å²) in [7, 11) is 0. The van der Waals surface area contributed by atoms with Crippen LogP contribution < -0.4 is 0 Å². The van der Waals surface area contributed by atoms with Gasteiger partial charge < -0.3 is 0 Å². The molecular formula is C48H33N3. The van der Waals surface area contributed by atoms with E-state index in [9.17, 15) is 5.26 Å². The number of fused-ring (bicyclic) bond motifs is 6. The lowest BCUT2D eigenvalue weighted by Gasteiger charge is -2.17. The van der Waals surface area contributed by atoms with Crippen molar-refractivity contribution >= 4 is 10.9 Å². The maximum absolute atomic E-state index is 9.85. The number of nitriles is 1. The minimum atomic E-state index is 0.686. The van der Waals surface area contributed by atoms with Crippen LogP contribution in [-0.2, 0) is 19.3 Å². The second-order valence-electron chi connectivity index (χ2n) is 13.3. The van der Waals surface area contributed by atoms with E-state index in [1.165, 1.54) is 44.5 Å². The zero-order valence-corrected chi connectivity index (χ0v) is 28.1. The van der Waals surface area contributed by atoms with Gasteiger partial charge in [-0.3, -0.25) is 0 Å². The van der Waals surface area contributed by atoms with Crippen LogP contribution in [0, 0.1) is 11.3 Å². The molecule has 51 heavy (non-hydrogen) atoms. The Balaban J connectivity index is 1.19. The Bertz CT molecular complexity index is 2630. The Hall–Kier alpha value is -6.63. The zero-order chi connectivity index (χ0) is 34.1. The first kappa shape index (κ1) is 30.4. The fourth-order valence-electron chi connectivity index (χ4n) is 7.53. The summed E-state index contributed by atoms with van der Waals surface area (Å²) in [5.74, 6) is 0.709. The third kappa shape index (κ3) is 5.88. The molecule has 1 aliphatic rings. The molecule has 0 bridgehead atoms. The van der Waals surface area contributed by atoms with Crippen molar-refractivity contribution < 1.29 is 0 Å². The fourth-order valence-corrected chi connectivity index (χ4v) is 7.53. The van der Waals surface area contributed by atoms with Crippen molar-refractivity contribution in [3.63, 3.8) is 0 Å². The maximum atomic E-state index is 9.85. The Morgan fingerprint density at radius 2 is 0.961 bits per heavy atom. The number of benzene rings is 7. The molecule has 1 aliphatic carbocycles. The van der Waals surface area contributed by atoms with Crippen LogP contribution in [0.5, 0.6) is 0 Å². The third-order valence-electron chi connectivity index (χ3n) is 10.1. The highest BCUT2D eigenvalue weighted by molar-refractivity contribution is 5.93. The molecule has 7 aromatic carbocycles. The predicted octanol–water partition coefficient (Wildman–Crippen LogP) is 11.3. The van der Waals surface area contributed by atoms with Crippen LogP contribution in [0.15, 0.2) is 164 Å². The normalized spacial score (nSPS) is 12.1. The van der Waals surface area contributed by atoms with E-state index < -0.39 is 0 Å². The number of aromatic nitrogens is 2. The van der Waals surface area contributed by atoms with Gasteiger partial charge in [0.1, 0.15) is 0 Å². The maximum Gasteiger partial charge on any atom is 0.160 e. The van der Waals surface area contributed by atoms with Crippen LogP contribution in [0.1, 0.15) is 38.9 Å². The van der Waals surface area contributed by atoms with Crippen LogP contribution in [0.3, 0.4) is 0 Å². The van der Waals surface area contributed by atoms with Gasteiger partial charge in [-0.2, -0.15) is 5.26 Å². The molecule has 0 radical (unpaired) electrons. The average Bonchev–Trinajstić information content (AvgIpc) is 3.21. The Labute approximate surface area is 298 Å². The monoisotopic (exact) mass is 651 g/mol. The molecule has 0 aliphatic heterocycles. The van der Waals surface area contributed by atoms with Crippen molar-refractivity contribution in [2.45, 2.75) is 19.3 Å². The SMILES string of the molecule is N#Cc1ccc2c(c1)Cc1ccccc1Cc1ccccc1Cc1cc(-c3cccc(-c4nc(-c5ccccc5)c5ccccc5n4)c3)ccc1-2. The number of hydrogen-bond acceptors (Lipinski definition) is 3. The molecule has 8 aromatic rings. The van der Waals surface area contributed by atoms with Crippen molar-refractivity contribution in [2.75, 3.05) is 0 Å². The zero-order valence-electron chi connectivity index (χ0n) is 28.1. The molecular weight excluding hydrogens is 619 g/mol. The van der Waals surface area contributed by atoms with Gasteiger partial charge in [0.15, 0.2) is 5.82 Å². The summed E-state index contributed by atoms with van der Waals surface area (Å²) in [5, 5.41) is 10.9. The molecule has 0 saturated carbocycles. The molecule has 3 nitrogen and oxygen atoms in total. The molecule has 0 unspecified atom stereocenters. The molecule has 0 N–H and O–H groups in total. The van der Waals surface area contributed by atoms with Crippen molar-refractivity contribution in [3.8, 4) is 51.0 Å². The van der Waals surface area contributed by atoms with Crippen molar-refractivity contribution in [2.24, 2.45) is 0 Å². The molecule has 0 fully saturated rings. The van der Waals surface area contributed by atoms with Crippen LogP contribution in [0.4, 0.5) is 0 Å². The minimum absolute atomic E-state index is 0.686. The summed E-state index contributed by atoms with van der Waals surface area (Å²) in [4.78, 5) is 10.2. The van der Waals surface area contributed by atoms with Gasteiger partial charge in [-0.1, -0.05) is 140 Å². The Kier molecular flexibility index (Phi) is 7.76. The first-order valence-corrected chi connectivity index (χ1v) is 17.4. The van der Waals surface area contributed by atoms with Gasteiger partial charge >= 0.3 is 0 Å². The molecule has 0 amide bonds. The highest BCUT2D eigenvalue weighted by atomic mass is 14.9. The number of para-hydroxylation sites is 1. The van der Waals surface area contributed by atoms with Gasteiger partial charge in [-0.05, 0) is 99.2 Å². The van der Waals surface area contributed by atoms with Crippen LogP contribution >= 0.6 is 0 Å². The Morgan fingerprint density at radius 1 is 0.412 bits per heavy atom. The van der Waals surface area contributed by atoms with Gasteiger partial charge in [0.2, 0.25) is 0 Å². The van der Waals surface area contributed by atoms with E-state index in [0.29, 0.717) is 11.4 Å². The molecule has 0 saturated heterocycles. The lowest BCUT2D eigenvalue weighted by atomic mass is 9.87. The molecule has 3 heteroatoms. The van der Waals surface area contributed by atoms with Gasteiger partial charge in [0.25, 0.3) is 0 Å². The second kappa shape index (κ2) is 13.0. The first-order valence-electron chi connectivity index (χ1n) is 17.4. The highest BCUT2D eigenvalue weighted by Crippen LogP contribution is 2.37. The molecule has 1 heterocycles. The van der Waals surface area contributed by atoms with E-state index in [0.717, 1.165) is 58.1 Å². The highest BCUT2D eigenvalue weighted by Gasteiger charge is 2.18. The summed E-state index contributed by atoms with van der Waals surface area (Å²) in [6.07, 6.45) is 2.44. The Morgan fingerprint density at radius 3 is 1.67 bits per heavy atom. The summed E-state index contributed by atoms with van der Waals surface area (Å²) in [5.41, 5.74) is 17.0. The molecule has 1 aromatic heterocycles. The summed E-state index contributed by atoms with van der Waals surface area (Å²) >= 11 is 0. The van der Waals surface area contributed by atoms with Gasteiger partial charge in [-0.15, -0.1) is 0 Å².